The summed E-state index contributed by atoms with van der Waals surface area (Å²) in [6.45, 7) is 3.72. The Hall–Kier alpha value is -2.65. The topological polar surface area (TPSA) is 84.2 Å². The maximum absolute atomic E-state index is 13.1. The smallest absolute Gasteiger partial charge is 0.240 e. The molecule has 1 fully saturated rings. The number of thiazole rings is 1. The third-order valence-corrected chi connectivity index (χ3v) is 5.51. The maximum atomic E-state index is 13.1. The normalized spacial score (nSPS) is 17.6. The van der Waals surface area contributed by atoms with Crippen LogP contribution in [0.4, 0.5) is 9.52 Å². The Morgan fingerprint density at radius 1 is 1.36 bits per heavy atom. The highest BCUT2D eigenvalue weighted by molar-refractivity contribution is 7.13. The quantitative estimate of drug-likeness (QED) is 0.705. The third-order valence-electron chi connectivity index (χ3n) is 4.63. The zero-order valence-corrected chi connectivity index (χ0v) is 16.2. The molecule has 7 nitrogen and oxygen atoms in total. The van der Waals surface area contributed by atoms with Crippen LogP contribution in [-0.2, 0) is 4.79 Å². The first-order chi connectivity index (χ1) is 13.6. The predicted molar refractivity (Wildman–Crippen MR) is 104 cm³/mol. The van der Waals surface area contributed by atoms with E-state index < -0.39 is 0 Å². The van der Waals surface area contributed by atoms with E-state index in [4.69, 9.17) is 4.52 Å². The molecule has 28 heavy (non-hydrogen) atoms. The molecule has 1 saturated heterocycles. The zero-order chi connectivity index (χ0) is 19.5. The Morgan fingerprint density at radius 2 is 2.18 bits per heavy atom. The number of anilines is 1. The molecule has 2 aromatic heterocycles. The monoisotopic (exact) mass is 401 g/mol. The highest BCUT2D eigenvalue weighted by atomic mass is 32.1. The average Bonchev–Trinajstić information content (AvgIpc) is 3.32. The van der Waals surface area contributed by atoms with Gasteiger partial charge in [0.05, 0.1) is 18.2 Å². The van der Waals surface area contributed by atoms with Crippen LogP contribution in [0.25, 0.3) is 11.4 Å². The summed E-state index contributed by atoms with van der Waals surface area (Å²) >= 11 is 1.42. The fourth-order valence-corrected chi connectivity index (χ4v) is 4.00. The Kier molecular flexibility index (Phi) is 5.45. The van der Waals surface area contributed by atoms with Gasteiger partial charge in [0.15, 0.2) is 5.13 Å². The van der Waals surface area contributed by atoms with Gasteiger partial charge in [-0.15, -0.1) is 11.3 Å². The summed E-state index contributed by atoms with van der Waals surface area (Å²) in [5.41, 5.74) is 1.61. The van der Waals surface area contributed by atoms with Crippen molar-refractivity contribution >= 4 is 22.4 Å². The van der Waals surface area contributed by atoms with E-state index in [1.165, 1.54) is 23.5 Å². The molecule has 0 saturated carbocycles. The van der Waals surface area contributed by atoms with Gasteiger partial charge in [-0.1, -0.05) is 5.16 Å². The second-order valence-corrected chi connectivity index (χ2v) is 7.74. The van der Waals surface area contributed by atoms with E-state index >= 15 is 0 Å². The van der Waals surface area contributed by atoms with Gasteiger partial charge in [0, 0.05) is 17.5 Å². The Bertz CT molecular complexity index is 955. The summed E-state index contributed by atoms with van der Waals surface area (Å²) in [6.07, 6.45) is 1.87. The van der Waals surface area contributed by atoms with E-state index in [-0.39, 0.29) is 17.6 Å². The molecule has 1 aromatic carbocycles. The SMILES string of the molecule is Cc1csc(NC(=O)CN2CCCC(c3nc(-c4ccc(F)cc4)no3)C2)n1. The van der Waals surface area contributed by atoms with Crippen LogP contribution in [0.3, 0.4) is 0 Å². The van der Waals surface area contributed by atoms with Gasteiger partial charge in [-0.3, -0.25) is 9.69 Å². The van der Waals surface area contributed by atoms with E-state index in [0.29, 0.717) is 35.5 Å². The van der Waals surface area contributed by atoms with Gasteiger partial charge in [0.1, 0.15) is 5.82 Å². The fraction of sp³-hybridized carbons (Fsp3) is 0.368. The minimum Gasteiger partial charge on any atom is -0.339 e. The molecule has 0 aliphatic carbocycles. The molecule has 1 aliphatic rings. The number of nitrogens with zero attached hydrogens (tertiary/aromatic N) is 4. The average molecular weight is 401 g/mol. The maximum Gasteiger partial charge on any atom is 0.240 e. The number of nitrogens with one attached hydrogen (secondary N) is 1. The van der Waals surface area contributed by atoms with E-state index in [1.807, 2.05) is 12.3 Å². The van der Waals surface area contributed by atoms with Gasteiger partial charge in [0.2, 0.25) is 17.6 Å². The number of rotatable bonds is 5. The molecule has 0 radical (unpaired) electrons. The number of carbonyl (C=O) groups is 1. The summed E-state index contributed by atoms with van der Waals surface area (Å²) in [5.74, 6) is 0.698. The highest BCUT2D eigenvalue weighted by Crippen LogP contribution is 2.27. The van der Waals surface area contributed by atoms with Crippen LogP contribution in [0.5, 0.6) is 0 Å². The number of amides is 1. The van der Waals surface area contributed by atoms with Crippen LogP contribution in [0.2, 0.25) is 0 Å². The number of aromatic nitrogens is 3. The van der Waals surface area contributed by atoms with E-state index in [9.17, 15) is 9.18 Å². The minimum absolute atomic E-state index is 0.0744. The van der Waals surface area contributed by atoms with Crippen molar-refractivity contribution in [1.29, 1.82) is 0 Å². The van der Waals surface area contributed by atoms with Crippen LogP contribution in [0, 0.1) is 12.7 Å². The second kappa shape index (κ2) is 8.15. The van der Waals surface area contributed by atoms with Gasteiger partial charge < -0.3 is 9.84 Å². The number of hydrogen-bond donors (Lipinski definition) is 1. The number of hydrogen-bond acceptors (Lipinski definition) is 7. The van der Waals surface area contributed by atoms with Gasteiger partial charge in [-0.05, 0) is 50.6 Å². The Morgan fingerprint density at radius 3 is 2.93 bits per heavy atom. The molecule has 9 heteroatoms. The third kappa shape index (κ3) is 4.42. The second-order valence-electron chi connectivity index (χ2n) is 6.88. The van der Waals surface area contributed by atoms with Crippen molar-refractivity contribution in [2.24, 2.45) is 0 Å². The van der Waals surface area contributed by atoms with Crippen LogP contribution in [0.15, 0.2) is 34.2 Å². The van der Waals surface area contributed by atoms with E-state index in [0.717, 1.165) is 25.1 Å². The first kappa shape index (κ1) is 18.7. The van der Waals surface area contributed by atoms with E-state index in [1.54, 1.807) is 12.1 Å². The first-order valence-electron chi connectivity index (χ1n) is 9.11. The van der Waals surface area contributed by atoms with Crippen molar-refractivity contribution in [1.82, 2.24) is 20.0 Å². The lowest BCUT2D eigenvalue weighted by atomic mass is 9.98. The number of benzene rings is 1. The summed E-state index contributed by atoms with van der Waals surface area (Å²) in [6, 6.07) is 6.00. The molecular formula is C19H20FN5O2S. The molecule has 0 bridgehead atoms. The molecule has 3 aromatic rings. The molecule has 0 spiro atoms. The number of likely N-dealkylation sites (tertiary alicyclic amines) is 1. The lowest BCUT2D eigenvalue weighted by Gasteiger charge is -2.30. The van der Waals surface area contributed by atoms with Gasteiger partial charge in [0.25, 0.3) is 0 Å². The number of piperidine rings is 1. The molecule has 1 aliphatic heterocycles. The Balaban J connectivity index is 1.37. The van der Waals surface area contributed by atoms with Crippen LogP contribution in [-0.4, -0.2) is 45.6 Å². The minimum atomic E-state index is -0.304. The summed E-state index contributed by atoms with van der Waals surface area (Å²) in [7, 11) is 0. The molecular weight excluding hydrogens is 381 g/mol. The number of carbonyl (C=O) groups excluding carboxylic acids is 1. The molecule has 146 valence electrons. The van der Waals surface area contributed by atoms with Crippen molar-refractivity contribution in [2.75, 3.05) is 25.0 Å². The predicted octanol–water partition coefficient (Wildman–Crippen LogP) is 3.46. The van der Waals surface area contributed by atoms with Crippen LogP contribution in [0.1, 0.15) is 30.3 Å². The summed E-state index contributed by atoms with van der Waals surface area (Å²) < 4.78 is 18.5. The molecule has 1 atom stereocenters. The molecule has 3 heterocycles. The molecule has 1 unspecified atom stereocenters. The Labute approximate surface area is 165 Å². The number of halogens is 1. The summed E-state index contributed by atoms with van der Waals surface area (Å²) in [5, 5.41) is 9.39. The van der Waals surface area contributed by atoms with Gasteiger partial charge >= 0.3 is 0 Å². The fourth-order valence-electron chi connectivity index (χ4n) is 3.29. The molecule has 1 amide bonds. The van der Waals surface area contributed by atoms with Crippen LogP contribution < -0.4 is 5.32 Å². The lowest BCUT2D eigenvalue weighted by molar-refractivity contribution is -0.117. The largest absolute Gasteiger partial charge is 0.339 e. The lowest BCUT2D eigenvalue weighted by Crippen LogP contribution is -2.39. The van der Waals surface area contributed by atoms with Crippen molar-refractivity contribution in [2.45, 2.75) is 25.7 Å². The highest BCUT2D eigenvalue weighted by Gasteiger charge is 2.27. The van der Waals surface area contributed by atoms with E-state index in [2.05, 4.69) is 25.3 Å². The zero-order valence-electron chi connectivity index (χ0n) is 15.4. The first-order valence-corrected chi connectivity index (χ1v) is 9.98. The van der Waals surface area contributed by atoms with Gasteiger partial charge in [-0.2, -0.15) is 4.98 Å². The molecule has 4 rings (SSSR count). The standard InChI is InChI=1S/C19H20FN5O2S/c1-12-11-28-19(21-12)22-16(26)10-25-8-2-3-14(9-25)18-23-17(24-27-18)13-4-6-15(20)7-5-13/h4-7,11,14H,2-3,8-10H2,1H3,(H,21,22,26). The summed E-state index contributed by atoms with van der Waals surface area (Å²) in [4.78, 5) is 23.1. The van der Waals surface area contributed by atoms with Crippen molar-refractivity contribution in [3.8, 4) is 11.4 Å². The van der Waals surface area contributed by atoms with Crippen molar-refractivity contribution in [3.05, 3.63) is 47.0 Å². The van der Waals surface area contributed by atoms with Gasteiger partial charge in [-0.25, -0.2) is 9.37 Å². The number of aryl methyl sites for hydroxylation is 1. The molecule has 1 N–H and O–H groups in total. The van der Waals surface area contributed by atoms with Crippen molar-refractivity contribution < 1.29 is 13.7 Å². The van der Waals surface area contributed by atoms with Crippen LogP contribution >= 0.6 is 11.3 Å². The van der Waals surface area contributed by atoms with Crippen molar-refractivity contribution in [3.63, 3.8) is 0 Å².